The average molecular weight is 223 g/mol. The van der Waals surface area contributed by atoms with Crippen LogP contribution in [0.25, 0.3) is 0 Å². The summed E-state index contributed by atoms with van der Waals surface area (Å²) >= 11 is 0. The van der Waals surface area contributed by atoms with Crippen LogP contribution in [0.5, 0.6) is 0 Å². The highest BCUT2D eigenvalue weighted by atomic mass is 16.3. The second-order valence-electron chi connectivity index (χ2n) is 4.05. The summed E-state index contributed by atoms with van der Waals surface area (Å²) in [5.41, 5.74) is 1.16. The van der Waals surface area contributed by atoms with Gasteiger partial charge in [0.05, 0.1) is 6.61 Å². The van der Waals surface area contributed by atoms with E-state index in [1.807, 2.05) is 13.1 Å². The van der Waals surface area contributed by atoms with Crippen LogP contribution in [-0.2, 0) is 6.54 Å². The third kappa shape index (κ3) is 3.47. The number of hydrogen-bond acceptors (Lipinski definition) is 4. The van der Waals surface area contributed by atoms with Gasteiger partial charge in [-0.05, 0) is 19.9 Å². The van der Waals surface area contributed by atoms with E-state index < -0.39 is 0 Å². The smallest absolute Gasteiger partial charge is 0.130 e. The molecule has 0 amide bonds. The van der Waals surface area contributed by atoms with E-state index in [1.54, 1.807) is 6.20 Å². The Balaban J connectivity index is 2.76. The van der Waals surface area contributed by atoms with Crippen molar-refractivity contribution in [2.75, 3.05) is 25.5 Å². The van der Waals surface area contributed by atoms with Gasteiger partial charge in [0.25, 0.3) is 0 Å². The molecule has 0 spiro atoms. The number of rotatable bonds is 6. The summed E-state index contributed by atoms with van der Waals surface area (Å²) in [5.74, 6) is 0.908. The molecule has 0 aliphatic rings. The maximum Gasteiger partial charge on any atom is 0.130 e. The quantitative estimate of drug-likeness (QED) is 0.764. The molecule has 0 aliphatic heterocycles. The molecule has 90 valence electrons. The molecular formula is C12H21N3O. The summed E-state index contributed by atoms with van der Waals surface area (Å²) in [7, 11) is 1.87. The number of nitrogens with one attached hydrogen (secondary N) is 1. The monoisotopic (exact) mass is 223 g/mol. The van der Waals surface area contributed by atoms with Crippen molar-refractivity contribution in [3.63, 3.8) is 0 Å². The van der Waals surface area contributed by atoms with Crippen molar-refractivity contribution in [3.8, 4) is 0 Å². The molecule has 1 heterocycles. The van der Waals surface area contributed by atoms with Crippen LogP contribution in [0, 0.1) is 0 Å². The predicted molar refractivity (Wildman–Crippen MR) is 66.4 cm³/mol. The van der Waals surface area contributed by atoms with E-state index in [4.69, 9.17) is 5.11 Å². The summed E-state index contributed by atoms with van der Waals surface area (Å²) in [6, 6.07) is 4.41. The highest BCUT2D eigenvalue weighted by Crippen LogP contribution is 2.14. The Morgan fingerprint density at radius 1 is 1.50 bits per heavy atom. The molecule has 4 heteroatoms. The molecule has 0 aromatic carbocycles. The molecule has 4 nitrogen and oxygen atoms in total. The van der Waals surface area contributed by atoms with Crippen molar-refractivity contribution in [3.05, 3.63) is 23.9 Å². The van der Waals surface area contributed by atoms with Crippen LogP contribution >= 0.6 is 0 Å². The summed E-state index contributed by atoms with van der Waals surface area (Å²) < 4.78 is 0. The van der Waals surface area contributed by atoms with Crippen LogP contribution in [0.1, 0.15) is 19.4 Å². The van der Waals surface area contributed by atoms with Crippen molar-refractivity contribution in [1.29, 1.82) is 0 Å². The van der Waals surface area contributed by atoms with Gasteiger partial charge in [0.15, 0.2) is 0 Å². The summed E-state index contributed by atoms with van der Waals surface area (Å²) in [6.07, 6.45) is 1.78. The van der Waals surface area contributed by atoms with Crippen molar-refractivity contribution >= 4 is 5.82 Å². The molecule has 16 heavy (non-hydrogen) atoms. The number of aromatic nitrogens is 1. The molecule has 0 unspecified atom stereocenters. The van der Waals surface area contributed by atoms with Crippen LogP contribution in [0.3, 0.4) is 0 Å². The second-order valence-corrected chi connectivity index (χ2v) is 4.05. The molecule has 1 aromatic heterocycles. The lowest BCUT2D eigenvalue weighted by Gasteiger charge is -2.26. The van der Waals surface area contributed by atoms with Gasteiger partial charge in [-0.25, -0.2) is 4.98 Å². The van der Waals surface area contributed by atoms with Gasteiger partial charge >= 0.3 is 0 Å². The lowest BCUT2D eigenvalue weighted by atomic mass is 10.2. The van der Waals surface area contributed by atoms with Crippen LogP contribution < -0.4 is 5.32 Å². The molecule has 0 saturated heterocycles. The largest absolute Gasteiger partial charge is 0.395 e. The highest BCUT2D eigenvalue weighted by Gasteiger charge is 2.11. The SMILES string of the molecule is CNc1ncccc1CN(CCO)C(C)C. The number of aliphatic hydroxyl groups is 1. The van der Waals surface area contributed by atoms with E-state index in [9.17, 15) is 0 Å². The maximum atomic E-state index is 9.02. The Hall–Kier alpha value is -1.13. The fourth-order valence-electron chi connectivity index (χ4n) is 1.66. The first-order valence-corrected chi connectivity index (χ1v) is 5.65. The molecule has 1 rings (SSSR count). The Kier molecular flexibility index (Phi) is 5.22. The van der Waals surface area contributed by atoms with Crippen molar-refractivity contribution in [2.24, 2.45) is 0 Å². The molecule has 0 aliphatic carbocycles. The minimum atomic E-state index is 0.188. The zero-order valence-corrected chi connectivity index (χ0v) is 10.3. The molecule has 0 radical (unpaired) electrons. The van der Waals surface area contributed by atoms with E-state index >= 15 is 0 Å². The first kappa shape index (κ1) is 12.9. The minimum absolute atomic E-state index is 0.188. The van der Waals surface area contributed by atoms with Gasteiger partial charge in [-0.15, -0.1) is 0 Å². The zero-order valence-electron chi connectivity index (χ0n) is 10.3. The third-order valence-corrected chi connectivity index (χ3v) is 2.62. The van der Waals surface area contributed by atoms with Gasteiger partial charge in [0.2, 0.25) is 0 Å². The van der Waals surface area contributed by atoms with Crippen molar-refractivity contribution < 1.29 is 5.11 Å². The van der Waals surface area contributed by atoms with Crippen molar-refractivity contribution in [2.45, 2.75) is 26.4 Å². The third-order valence-electron chi connectivity index (χ3n) is 2.62. The van der Waals surface area contributed by atoms with Gasteiger partial charge in [-0.3, -0.25) is 4.90 Å². The number of anilines is 1. The van der Waals surface area contributed by atoms with E-state index in [1.165, 1.54) is 0 Å². The fourth-order valence-corrected chi connectivity index (χ4v) is 1.66. The molecular weight excluding hydrogens is 202 g/mol. The van der Waals surface area contributed by atoms with Crippen LogP contribution in [-0.4, -0.2) is 41.2 Å². The molecule has 0 saturated carbocycles. The van der Waals surface area contributed by atoms with Crippen molar-refractivity contribution in [1.82, 2.24) is 9.88 Å². The fraction of sp³-hybridized carbons (Fsp3) is 0.583. The van der Waals surface area contributed by atoms with Gasteiger partial charge in [-0.2, -0.15) is 0 Å². The van der Waals surface area contributed by atoms with Crippen LogP contribution in [0.15, 0.2) is 18.3 Å². The number of aliphatic hydroxyl groups excluding tert-OH is 1. The average Bonchev–Trinajstić information content (AvgIpc) is 2.29. The van der Waals surface area contributed by atoms with E-state index in [-0.39, 0.29) is 6.61 Å². The van der Waals surface area contributed by atoms with Gasteiger partial charge in [0.1, 0.15) is 5.82 Å². The molecule has 0 bridgehead atoms. The van der Waals surface area contributed by atoms with Crippen LogP contribution in [0.2, 0.25) is 0 Å². The minimum Gasteiger partial charge on any atom is -0.395 e. The Morgan fingerprint density at radius 2 is 2.25 bits per heavy atom. The van der Waals surface area contributed by atoms with Crippen LogP contribution in [0.4, 0.5) is 5.82 Å². The lowest BCUT2D eigenvalue weighted by molar-refractivity contribution is 0.159. The van der Waals surface area contributed by atoms with Gasteiger partial charge in [-0.1, -0.05) is 6.07 Å². The molecule has 0 atom stereocenters. The normalized spacial score (nSPS) is 11.1. The summed E-state index contributed by atoms with van der Waals surface area (Å²) in [6.45, 7) is 5.95. The second kappa shape index (κ2) is 6.45. The first-order chi connectivity index (χ1) is 7.69. The lowest BCUT2D eigenvalue weighted by Crippen LogP contribution is -2.33. The van der Waals surface area contributed by atoms with Gasteiger partial charge in [0, 0.05) is 37.9 Å². The Bertz CT molecular complexity index is 315. The highest BCUT2D eigenvalue weighted by molar-refractivity contribution is 5.42. The Morgan fingerprint density at radius 3 is 2.81 bits per heavy atom. The zero-order chi connectivity index (χ0) is 12.0. The molecule has 1 aromatic rings. The van der Waals surface area contributed by atoms with E-state index in [0.29, 0.717) is 12.6 Å². The molecule has 0 fully saturated rings. The standard InChI is InChI=1S/C12H21N3O/c1-10(2)15(7-8-16)9-11-5-4-6-14-12(11)13-3/h4-6,10,16H,7-9H2,1-3H3,(H,13,14). The Labute approximate surface area is 97.3 Å². The van der Waals surface area contributed by atoms with E-state index in [2.05, 4.69) is 35.1 Å². The number of pyridine rings is 1. The molecule has 2 N–H and O–H groups in total. The first-order valence-electron chi connectivity index (χ1n) is 5.65. The number of nitrogens with zero attached hydrogens (tertiary/aromatic N) is 2. The maximum absolute atomic E-state index is 9.02. The topological polar surface area (TPSA) is 48.4 Å². The predicted octanol–water partition coefficient (Wildman–Crippen LogP) is 1.33. The summed E-state index contributed by atoms with van der Waals surface area (Å²) in [4.78, 5) is 6.49. The van der Waals surface area contributed by atoms with Gasteiger partial charge < -0.3 is 10.4 Å². The number of hydrogen-bond donors (Lipinski definition) is 2. The van der Waals surface area contributed by atoms with E-state index in [0.717, 1.165) is 17.9 Å². The summed E-state index contributed by atoms with van der Waals surface area (Å²) in [5, 5.41) is 12.1.